The molecule has 7 nitrogen and oxygen atoms in total. The Morgan fingerprint density at radius 2 is 2.10 bits per heavy atom. The third kappa shape index (κ3) is 3.32. The van der Waals surface area contributed by atoms with E-state index in [-0.39, 0.29) is 6.04 Å². The van der Waals surface area contributed by atoms with Crippen LogP contribution in [-0.2, 0) is 0 Å². The summed E-state index contributed by atoms with van der Waals surface area (Å²) in [7, 11) is -1.51. The first-order valence-corrected chi connectivity index (χ1v) is 12.0. The van der Waals surface area contributed by atoms with E-state index in [0.29, 0.717) is 5.95 Å². The van der Waals surface area contributed by atoms with Crippen LogP contribution >= 0.6 is 10.3 Å². The summed E-state index contributed by atoms with van der Waals surface area (Å²) in [5.74, 6) is 2.17. The minimum atomic E-state index is -1.51. The number of hydrogen-bond acceptors (Lipinski definition) is 6. The highest BCUT2D eigenvalue weighted by atomic mass is 32.3. The van der Waals surface area contributed by atoms with Crippen molar-refractivity contribution in [3.63, 3.8) is 0 Å². The molecular weight excluding hydrogens is 384 g/mol. The molecular formula is C21H24N6OS. The fraction of sp³-hybridized carbons (Fsp3) is 0.333. The third-order valence-corrected chi connectivity index (χ3v) is 7.84. The molecule has 2 atom stereocenters. The van der Waals surface area contributed by atoms with Gasteiger partial charge in [0.2, 0.25) is 5.95 Å². The van der Waals surface area contributed by atoms with Gasteiger partial charge in [0.25, 0.3) is 0 Å². The molecule has 0 amide bonds. The van der Waals surface area contributed by atoms with E-state index < -0.39 is 10.3 Å². The fourth-order valence-corrected chi connectivity index (χ4v) is 6.11. The topological polar surface area (TPSA) is 88.8 Å². The number of anilines is 2. The normalized spacial score (nSPS) is 24.1. The number of hydrogen-bond donors (Lipinski definition) is 2. The Balaban J connectivity index is 1.53. The first-order chi connectivity index (χ1) is 13.9. The lowest BCUT2D eigenvalue weighted by atomic mass is 10.1. The molecule has 5 rings (SSSR count). The molecule has 8 heteroatoms. The van der Waals surface area contributed by atoms with Gasteiger partial charge in [-0.1, -0.05) is 6.07 Å². The van der Waals surface area contributed by atoms with E-state index in [9.17, 15) is 4.55 Å². The second kappa shape index (κ2) is 6.67. The number of rotatable bonds is 3. The smallest absolute Gasteiger partial charge is 0.229 e. The van der Waals surface area contributed by atoms with Crippen LogP contribution in [0, 0.1) is 13.8 Å². The van der Waals surface area contributed by atoms with Crippen molar-refractivity contribution in [1.29, 1.82) is 0 Å². The third-order valence-electron chi connectivity index (χ3n) is 5.62. The minimum absolute atomic E-state index is 0.187. The molecule has 1 fully saturated rings. The summed E-state index contributed by atoms with van der Waals surface area (Å²) < 4.78 is 12.5. The van der Waals surface area contributed by atoms with Gasteiger partial charge in [-0.2, -0.15) is 10.1 Å². The molecule has 2 unspecified atom stereocenters. The largest absolute Gasteiger partial charge is 0.352 e. The van der Waals surface area contributed by atoms with Crippen LogP contribution in [-0.4, -0.2) is 47.0 Å². The van der Waals surface area contributed by atoms with Gasteiger partial charge in [-0.15, -0.1) is 10.3 Å². The SMILES string of the molecule is Cc1cc2ncccc2cc1Nc1ncc2c(C)nn(C3CCS(C)(O)C3)c2n1. The van der Waals surface area contributed by atoms with Gasteiger partial charge in [-0.3, -0.25) is 4.98 Å². The van der Waals surface area contributed by atoms with Crippen molar-refractivity contribution >= 4 is 43.9 Å². The molecule has 0 aliphatic carbocycles. The van der Waals surface area contributed by atoms with Crippen LogP contribution in [0.2, 0.25) is 0 Å². The zero-order chi connectivity index (χ0) is 20.2. The molecule has 0 bridgehead atoms. The van der Waals surface area contributed by atoms with Crippen molar-refractivity contribution in [2.24, 2.45) is 0 Å². The van der Waals surface area contributed by atoms with Crippen molar-refractivity contribution < 1.29 is 4.55 Å². The quantitative estimate of drug-likeness (QED) is 0.515. The van der Waals surface area contributed by atoms with Gasteiger partial charge in [-0.25, -0.2) is 9.67 Å². The van der Waals surface area contributed by atoms with Gasteiger partial charge < -0.3 is 9.87 Å². The van der Waals surface area contributed by atoms with Crippen LogP contribution < -0.4 is 5.32 Å². The minimum Gasteiger partial charge on any atom is -0.352 e. The van der Waals surface area contributed by atoms with Crippen LogP contribution in [0.25, 0.3) is 21.9 Å². The molecule has 0 spiro atoms. The van der Waals surface area contributed by atoms with Crippen molar-refractivity contribution in [3.8, 4) is 0 Å². The molecule has 3 aromatic heterocycles. The zero-order valence-electron chi connectivity index (χ0n) is 16.8. The standard InChI is InChI=1S/C21H24N6OS/c1-13-9-19-15(5-4-7-22-19)10-18(13)24-21-23-11-17-14(2)26-27(20(17)25-21)16-6-8-29(3,28)12-16/h4-5,7,9-11,16,28H,6,8,12H2,1-3H3,(H,23,24,25). The predicted molar refractivity (Wildman–Crippen MR) is 119 cm³/mol. The number of fused-ring (bicyclic) bond motifs is 2. The highest BCUT2D eigenvalue weighted by Crippen LogP contribution is 2.50. The van der Waals surface area contributed by atoms with E-state index in [1.165, 1.54) is 0 Å². The molecule has 1 aliphatic rings. The summed E-state index contributed by atoms with van der Waals surface area (Å²) >= 11 is 0. The monoisotopic (exact) mass is 408 g/mol. The molecule has 2 N–H and O–H groups in total. The van der Waals surface area contributed by atoms with Gasteiger partial charge in [-0.05, 0) is 50.3 Å². The molecule has 0 radical (unpaired) electrons. The Morgan fingerprint density at radius 3 is 2.90 bits per heavy atom. The van der Waals surface area contributed by atoms with Crippen molar-refractivity contribution in [2.75, 3.05) is 23.1 Å². The zero-order valence-corrected chi connectivity index (χ0v) is 17.6. The Kier molecular flexibility index (Phi) is 4.22. The Labute approximate surface area is 170 Å². The number of pyridine rings is 1. The molecule has 29 heavy (non-hydrogen) atoms. The maximum Gasteiger partial charge on any atom is 0.229 e. The molecule has 4 heterocycles. The first kappa shape index (κ1) is 18.3. The summed E-state index contributed by atoms with van der Waals surface area (Å²) in [4.78, 5) is 13.7. The maximum absolute atomic E-state index is 10.5. The van der Waals surface area contributed by atoms with E-state index in [1.54, 1.807) is 6.20 Å². The molecule has 0 saturated carbocycles. The summed E-state index contributed by atoms with van der Waals surface area (Å²) in [6.45, 7) is 4.03. The van der Waals surface area contributed by atoms with E-state index in [2.05, 4.69) is 27.4 Å². The lowest BCUT2D eigenvalue weighted by molar-refractivity contribution is 0.509. The fourth-order valence-electron chi connectivity index (χ4n) is 4.02. The highest BCUT2D eigenvalue weighted by Gasteiger charge is 2.32. The van der Waals surface area contributed by atoms with Gasteiger partial charge in [0, 0.05) is 35.0 Å². The van der Waals surface area contributed by atoms with Crippen LogP contribution in [0.4, 0.5) is 11.6 Å². The van der Waals surface area contributed by atoms with E-state index in [4.69, 9.17) is 10.1 Å². The number of aryl methyl sites for hydroxylation is 2. The molecule has 150 valence electrons. The van der Waals surface area contributed by atoms with Crippen LogP contribution in [0.1, 0.15) is 23.7 Å². The van der Waals surface area contributed by atoms with E-state index in [1.807, 2.05) is 43.1 Å². The molecule has 1 aromatic carbocycles. The van der Waals surface area contributed by atoms with Crippen LogP contribution in [0.5, 0.6) is 0 Å². The van der Waals surface area contributed by atoms with Crippen molar-refractivity contribution in [3.05, 3.63) is 47.9 Å². The molecule has 4 aromatic rings. The lowest BCUT2D eigenvalue weighted by Gasteiger charge is -2.22. The van der Waals surface area contributed by atoms with Gasteiger partial charge in [0.15, 0.2) is 5.65 Å². The van der Waals surface area contributed by atoms with Gasteiger partial charge in [0.05, 0.1) is 22.6 Å². The van der Waals surface area contributed by atoms with Crippen molar-refractivity contribution in [2.45, 2.75) is 26.3 Å². The number of aromatic nitrogens is 5. The summed E-state index contributed by atoms with van der Waals surface area (Å²) in [6.07, 6.45) is 6.55. The number of benzene rings is 1. The summed E-state index contributed by atoms with van der Waals surface area (Å²) in [5, 5.41) is 10.1. The van der Waals surface area contributed by atoms with Gasteiger partial charge in [0.1, 0.15) is 0 Å². The second-order valence-electron chi connectivity index (χ2n) is 7.98. The van der Waals surface area contributed by atoms with Crippen molar-refractivity contribution in [1.82, 2.24) is 24.7 Å². The maximum atomic E-state index is 10.5. The van der Waals surface area contributed by atoms with Crippen LogP contribution in [0.3, 0.4) is 0 Å². The average Bonchev–Trinajstić information content (AvgIpc) is 3.21. The molecule has 1 saturated heterocycles. The number of nitrogens with one attached hydrogen (secondary N) is 1. The lowest BCUT2D eigenvalue weighted by Crippen LogP contribution is -2.12. The second-order valence-corrected chi connectivity index (χ2v) is 11.2. The van der Waals surface area contributed by atoms with Crippen LogP contribution in [0.15, 0.2) is 36.7 Å². The highest BCUT2D eigenvalue weighted by molar-refractivity contribution is 8.28. The average molecular weight is 409 g/mol. The van der Waals surface area contributed by atoms with E-state index in [0.717, 1.165) is 56.8 Å². The summed E-state index contributed by atoms with van der Waals surface area (Å²) in [6, 6.07) is 8.31. The number of nitrogens with zero attached hydrogens (tertiary/aromatic N) is 5. The Bertz CT molecular complexity index is 1230. The summed E-state index contributed by atoms with van der Waals surface area (Å²) in [5.41, 5.74) is 4.75. The molecule has 1 aliphatic heterocycles. The predicted octanol–water partition coefficient (Wildman–Crippen LogP) is 4.59. The van der Waals surface area contributed by atoms with E-state index >= 15 is 0 Å². The van der Waals surface area contributed by atoms with Gasteiger partial charge >= 0.3 is 0 Å². The first-order valence-electron chi connectivity index (χ1n) is 9.70. The Hall–Kier alpha value is -2.71. The Morgan fingerprint density at radius 1 is 1.24 bits per heavy atom.